The maximum Gasteiger partial charge on any atom is 0.154 e. The van der Waals surface area contributed by atoms with Gasteiger partial charge in [0.2, 0.25) is 0 Å². The van der Waals surface area contributed by atoms with Crippen LogP contribution >= 0.6 is 0 Å². The highest BCUT2D eigenvalue weighted by Gasteiger charge is 2.22. The van der Waals surface area contributed by atoms with E-state index in [2.05, 4.69) is 0 Å². The highest BCUT2D eigenvalue weighted by molar-refractivity contribution is 4.67. The van der Waals surface area contributed by atoms with Gasteiger partial charge in [-0.05, 0) is 13.8 Å². The Morgan fingerprint density at radius 1 is 1.40 bits per heavy atom. The first-order chi connectivity index (χ1) is 7.22. The predicted molar refractivity (Wildman–Crippen MR) is 53.6 cm³/mol. The van der Waals surface area contributed by atoms with Gasteiger partial charge in [-0.2, -0.15) is 0 Å². The third kappa shape index (κ3) is 6.81. The molecule has 1 aliphatic heterocycles. The first kappa shape index (κ1) is 12.9. The van der Waals surface area contributed by atoms with E-state index >= 15 is 0 Å². The number of aliphatic hydroxyl groups is 1. The smallest absolute Gasteiger partial charge is 0.154 e. The summed E-state index contributed by atoms with van der Waals surface area (Å²) in [7, 11) is 0. The molecule has 0 aliphatic carbocycles. The Hall–Kier alpha value is -0.200. The van der Waals surface area contributed by atoms with Gasteiger partial charge in [-0.15, -0.1) is 0 Å². The van der Waals surface area contributed by atoms with E-state index in [0.717, 1.165) is 6.61 Å². The molecule has 5 nitrogen and oxygen atoms in total. The molecule has 90 valence electrons. The van der Waals surface area contributed by atoms with Gasteiger partial charge in [-0.25, -0.2) is 0 Å². The van der Waals surface area contributed by atoms with Crippen molar-refractivity contribution in [2.45, 2.75) is 32.3 Å². The summed E-state index contributed by atoms with van der Waals surface area (Å²) in [6, 6.07) is 0. The van der Waals surface area contributed by atoms with E-state index in [1.165, 1.54) is 0 Å². The van der Waals surface area contributed by atoms with Crippen LogP contribution in [0.4, 0.5) is 0 Å². The Morgan fingerprint density at radius 2 is 2.13 bits per heavy atom. The van der Waals surface area contributed by atoms with Crippen molar-refractivity contribution in [2.75, 3.05) is 33.0 Å². The lowest BCUT2D eigenvalue weighted by Gasteiger charge is -2.16. The molecule has 1 N–H and O–H groups in total. The predicted octanol–water partition coefficient (Wildman–Crippen LogP) is 0.162. The number of hydrogen-bond donors (Lipinski definition) is 1. The number of hydrogen-bond acceptors (Lipinski definition) is 5. The molecule has 0 spiro atoms. The van der Waals surface area contributed by atoms with Gasteiger partial charge < -0.3 is 24.1 Å². The number of aliphatic hydroxyl groups excluding tert-OH is 1. The first-order valence-electron chi connectivity index (χ1n) is 5.33. The van der Waals surface area contributed by atoms with Crippen molar-refractivity contribution in [2.24, 2.45) is 0 Å². The molecule has 5 heteroatoms. The van der Waals surface area contributed by atoms with Crippen molar-refractivity contribution >= 4 is 0 Å². The van der Waals surface area contributed by atoms with Crippen molar-refractivity contribution in [1.29, 1.82) is 0 Å². The van der Waals surface area contributed by atoms with E-state index in [1.54, 1.807) is 6.92 Å². The van der Waals surface area contributed by atoms with E-state index < -0.39 is 6.10 Å². The summed E-state index contributed by atoms with van der Waals surface area (Å²) in [5.74, 6) is 0. The molecule has 0 radical (unpaired) electrons. The summed E-state index contributed by atoms with van der Waals surface area (Å²) < 4.78 is 20.6. The Labute approximate surface area is 90.3 Å². The average Bonchev–Trinajstić information content (AvgIpc) is 2.99. The van der Waals surface area contributed by atoms with Crippen LogP contribution < -0.4 is 0 Å². The molecule has 0 aromatic carbocycles. The molecule has 0 aromatic heterocycles. The van der Waals surface area contributed by atoms with Crippen LogP contribution in [0, 0.1) is 0 Å². The van der Waals surface area contributed by atoms with Crippen molar-refractivity contribution in [3.8, 4) is 0 Å². The molecule has 1 rings (SSSR count). The summed E-state index contributed by atoms with van der Waals surface area (Å²) in [6.45, 7) is 6.13. The fourth-order valence-electron chi connectivity index (χ4n) is 1.08. The molecule has 1 heterocycles. The van der Waals surface area contributed by atoms with E-state index in [9.17, 15) is 5.11 Å². The Kier molecular flexibility index (Phi) is 6.12. The fourth-order valence-corrected chi connectivity index (χ4v) is 1.08. The molecular formula is C10H20O5. The minimum atomic E-state index is -0.605. The van der Waals surface area contributed by atoms with Gasteiger partial charge in [0.25, 0.3) is 0 Å². The topological polar surface area (TPSA) is 60.5 Å². The second-order valence-corrected chi connectivity index (χ2v) is 3.50. The van der Waals surface area contributed by atoms with Crippen LogP contribution in [-0.4, -0.2) is 56.6 Å². The molecular weight excluding hydrogens is 200 g/mol. The zero-order valence-electron chi connectivity index (χ0n) is 9.35. The summed E-state index contributed by atoms with van der Waals surface area (Å²) in [5.41, 5.74) is 0. The van der Waals surface area contributed by atoms with Gasteiger partial charge in [0.15, 0.2) is 6.29 Å². The quantitative estimate of drug-likeness (QED) is 0.443. The monoisotopic (exact) mass is 220 g/mol. The van der Waals surface area contributed by atoms with Gasteiger partial charge in [-0.3, -0.25) is 0 Å². The van der Waals surface area contributed by atoms with E-state index in [4.69, 9.17) is 18.9 Å². The van der Waals surface area contributed by atoms with Crippen molar-refractivity contribution in [3.63, 3.8) is 0 Å². The fraction of sp³-hybridized carbons (Fsp3) is 1.00. The largest absolute Gasteiger partial charge is 0.388 e. The summed E-state index contributed by atoms with van der Waals surface area (Å²) in [4.78, 5) is 0. The van der Waals surface area contributed by atoms with Crippen LogP contribution in [0.15, 0.2) is 0 Å². The second-order valence-electron chi connectivity index (χ2n) is 3.50. The molecule has 1 saturated heterocycles. The maximum atomic E-state index is 9.45. The van der Waals surface area contributed by atoms with Crippen LogP contribution in [0.5, 0.6) is 0 Å². The van der Waals surface area contributed by atoms with Crippen molar-refractivity contribution < 1.29 is 24.1 Å². The van der Waals surface area contributed by atoms with Crippen LogP contribution in [0.25, 0.3) is 0 Å². The number of rotatable bonds is 9. The highest BCUT2D eigenvalue weighted by Crippen LogP contribution is 2.08. The maximum absolute atomic E-state index is 9.45. The van der Waals surface area contributed by atoms with Gasteiger partial charge in [0, 0.05) is 6.61 Å². The highest BCUT2D eigenvalue weighted by atomic mass is 16.7. The van der Waals surface area contributed by atoms with E-state index in [0.29, 0.717) is 13.2 Å². The lowest BCUT2D eigenvalue weighted by molar-refractivity contribution is -0.149. The first-order valence-corrected chi connectivity index (χ1v) is 5.33. The summed E-state index contributed by atoms with van der Waals surface area (Å²) in [6.07, 6.45) is -0.650. The number of epoxide rings is 1. The molecule has 1 fully saturated rings. The molecule has 15 heavy (non-hydrogen) atoms. The Balaban J connectivity index is 1.89. The lowest BCUT2D eigenvalue weighted by Crippen LogP contribution is -2.26. The van der Waals surface area contributed by atoms with Crippen LogP contribution in [-0.2, 0) is 18.9 Å². The Morgan fingerprint density at radius 3 is 2.73 bits per heavy atom. The minimum Gasteiger partial charge on any atom is -0.388 e. The standard InChI is InChI=1S/C10H20O5/c1-3-13-8(2)14-5-9(11)4-12-6-10-7-15-10/h8-11H,3-7H2,1-2H3. The van der Waals surface area contributed by atoms with Crippen LogP contribution in [0.2, 0.25) is 0 Å². The molecule has 3 atom stereocenters. The molecule has 0 saturated carbocycles. The zero-order chi connectivity index (χ0) is 11.1. The second kappa shape index (κ2) is 7.14. The van der Waals surface area contributed by atoms with Gasteiger partial charge >= 0.3 is 0 Å². The molecule has 3 unspecified atom stereocenters. The summed E-state index contributed by atoms with van der Waals surface area (Å²) in [5, 5.41) is 9.45. The molecule has 1 aliphatic rings. The minimum absolute atomic E-state index is 0.229. The third-order valence-corrected chi connectivity index (χ3v) is 1.94. The number of ether oxygens (including phenoxy) is 4. The van der Waals surface area contributed by atoms with Crippen molar-refractivity contribution in [1.82, 2.24) is 0 Å². The van der Waals surface area contributed by atoms with Gasteiger partial charge in [-0.1, -0.05) is 0 Å². The Bertz CT molecular complexity index is 160. The zero-order valence-corrected chi connectivity index (χ0v) is 9.35. The van der Waals surface area contributed by atoms with Crippen molar-refractivity contribution in [3.05, 3.63) is 0 Å². The SMILES string of the molecule is CCOC(C)OCC(O)COCC1CO1. The molecule has 0 bridgehead atoms. The third-order valence-electron chi connectivity index (χ3n) is 1.94. The van der Waals surface area contributed by atoms with Crippen LogP contribution in [0.3, 0.4) is 0 Å². The van der Waals surface area contributed by atoms with Gasteiger partial charge in [0.1, 0.15) is 12.2 Å². The lowest BCUT2D eigenvalue weighted by atomic mass is 10.4. The van der Waals surface area contributed by atoms with Crippen LogP contribution in [0.1, 0.15) is 13.8 Å². The molecule has 0 amide bonds. The average molecular weight is 220 g/mol. The van der Waals surface area contributed by atoms with E-state index in [1.807, 2.05) is 6.92 Å². The van der Waals surface area contributed by atoms with E-state index in [-0.39, 0.29) is 25.6 Å². The van der Waals surface area contributed by atoms with Gasteiger partial charge in [0.05, 0.1) is 26.4 Å². The summed E-state index contributed by atoms with van der Waals surface area (Å²) >= 11 is 0. The molecule has 0 aromatic rings. The normalized spacial score (nSPS) is 23.8.